The van der Waals surface area contributed by atoms with E-state index >= 15 is 0 Å². The number of aryl methyl sites for hydroxylation is 1. The number of rotatable bonds is 6. The number of ketones is 1. The quantitative estimate of drug-likeness (QED) is 0.596. The fourth-order valence-electron chi connectivity index (χ4n) is 3.67. The molecule has 3 heterocycles. The van der Waals surface area contributed by atoms with Gasteiger partial charge in [0.15, 0.2) is 11.8 Å². The number of nitrogens with one attached hydrogen (secondary N) is 2. The lowest BCUT2D eigenvalue weighted by atomic mass is 9.96. The van der Waals surface area contributed by atoms with Crippen molar-refractivity contribution in [1.82, 2.24) is 19.7 Å². The van der Waals surface area contributed by atoms with Crippen LogP contribution in [0.3, 0.4) is 0 Å². The molecule has 6 nitrogen and oxygen atoms in total. The molecule has 0 aliphatic carbocycles. The number of nitrogens with zero attached hydrogens (tertiary/aromatic N) is 3. The summed E-state index contributed by atoms with van der Waals surface area (Å²) in [6, 6.07) is 6.61. The molecule has 3 aromatic rings. The van der Waals surface area contributed by atoms with Gasteiger partial charge in [-0.05, 0) is 18.4 Å². The molecular formula is C20H20F3N5O. The molecule has 2 N–H and O–H groups in total. The van der Waals surface area contributed by atoms with Crippen molar-refractivity contribution in [3.8, 4) is 0 Å². The van der Waals surface area contributed by atoms with Gasteiger partial charge in [0.25, 0.3) is 0 Å². The van der Waals surface area contributed by atoms with E-state index in [2.05, 4.69) is 20.4 Å². The van der Waals surface area contributed by atoms with E-state index in [-0.39, 0.29) is 30.0 Å². The van der Waals surface area contributed by atoms with Gasteiger partial charge < -0.3 is 10.3 Å². The Labute approximate surface area is 165 Å². The van der Waals surface area contributed by atoms with Gasteiger partial charge in [-0.1, -0.05) is 30.3 Å². The highest BCUT2D eigenvalue weighted by Crippen LogP contribution is 2.44. The van der Waals surface area contributed by atoms with E-state index in [1.54, 1.807) is 36.8 Å². The van der Waals surface area contributed by atoms with E-state index in [1.807, 2.05) is 6.07 Å². The Morgan fingerprint density at radius 1 is 1.21 bits per heavy atom. The summed E-state index contributed by atoms with van der Waals surface area (Å²) in [5.41, 5.74) is 1.85. The van der Waals surface area contributed by atoms with Gasteiger partial charge in [0, 0.05) is 24.7 Å². The summed E-state index contributed by atoms with van der Waals surface area (Å²) in [6.45, 7) is 0. The molecule has 0 saturated heterocycles. The average molecular weight is 403 g/mol. The van der Waals surface area contributed by atoms with Crippen molar-refractivity contribution in [2.75, 3.05) is 5.32 Å². The number of hydrogen-bond donors (Lipinski definition) is 2. The van der Waals surface area contributed by atoms with E-state index < -0.39 is 18.3 Å². The lowest BCUT2D eigenvalue weighted by molar-refractivity contribution is -0.173. The van der Waals surface area contributed by atoms with Crippen molar-refractivity contribution in [2.24, 2.45) is 0 Å². The normalized spacial score (nSPS) is 18.9. The lowest BCUT2D eigenvalue weighted by Gasteiger charge is -2.34. The Bertz CT molecular complexity index is 966. The highest BCUT2D eigenvalue weighted by molar-refractivity contribution is 6.00. The highest BCUT2D eigenvalue weighted by atomic mass is 19.4. The molecule has 1 aromatic carbocycles. The maximum Gasteiger partial charge on any atom is 0.410 e. The van der Waals surface area contributed by atoms with Crippen LogP contribution >= 0.6 is 0 Å². The highest BCUT2D eigenvalue weighted by Gasteiger charge is 2.47. The van der Waals surface area contributed by atoms with Crippen molar-refractivity contribution in [2.45, 2.75) is 43.9 Å². The zero-order chi connectivity index (χ0) is 20.4. The van der Waals surface area contributed by atoms with Gasteiger partial charge in [0.2, 0.25) is 0 Å². The number of hydrogen-bond acceptors (Lipinski definition) is 4. The Kier molecular flexibility index (Phi) is 5.12. The first-order valence-electron chi connectivity index (χ1n) is 9.39. The van der Waals surface area contributed by atoms with Gasteiger partial charge in [-0.3, -0.25) is 4.79 Å². The Morgan fingerprint density at radius 3 is 2.69 bits per heavy atom. The lowest BCUT2D eigenvalue weighted by Crippen LogP contribution is -2.36. The van der Waals surface area contributed by atoms with Crippen LogP contribution in [-0.4, -0.2) is 31.7 Å². The molecule has 1 aliphatic rings. The van der Waals surface area contributed by atoms with Crippen LogP contribution in [0.5, 0.6) is 0 Å². The number of alkyl halides is 3. The number of Topliss-reactive ketones (excluding diaryl/α,β-unsaturated/α-hetero) is 1. The van der Waals surface area contributed by atoms with Crippen LogP contribution in [0.4, 0.5) is 19.0 Å². The summed E-state index contributed by atoms with van der Waals surface area (Å²) in [5.74, 6) is -0.0909. The van der Waals surface area contributed by atoms with Gasteiger partial charge in [-0.2, -0.15) is 18.3 Å². The second kappa shape index (κ2) is 7.73. The van der Waals surface area contributed by atoms with E-state index in [9.17, 15) is 18.0 Å². The van der Waals surface area contributed by atoms with Crippen molar-refractivity contribution in [3.63, 3.8) is 0 Å². The van der Waals surface area contributed by atoms with Crippen LogP contribution in [0.25, 0.3) is 0 Å². The summed E-state index contributed by atoms with van der Waals surface area (Å²) >= 11 is 0. The molecule has 0 amide bonds. The van der Waals surface area contributed by atoms with Gasteiger partial charge in [-0.25, -0.2) is 9.67 Å². The van der Waals surface area contributed by atoms with Gasteiger partial charge in [0.05, 0.1) is 24.1 Å². The maximum absolute atomic E-state index is 13.7. The number of aromatic amines is 1. The zero-order valence-electron chi connectivity index (χ0n) is 15.5. The van der Waals surface area contributed by atoms with Crippen LogP contribution in [-0.2, 0) is 6.42 Å². The Balaban J connectivity index is 1.57. The molecule has 0 saturated carbocycles. The Morgan fingerprint density at radius 2 is 2.00 bits per heavy atom. The molecule has 29 heavy (non-hydrogen) atoms. The minimum absolute atomic E-state index is 0.138. The maximum atomic E-state index is 13.7. The molecule has 0 fully saturated rings. The van der Waals surface area contributed by atoms with Crippen LogP contribution in [0, 0.1) is 0 Å². The summed E-state index contributed by atoms with van der Waals surface area (Å²) in [5, 5.41) is 7.02. The van der Waals surface area contributed by atoms with Gasteiger partial charge in [-0.15, -0.1) is 0 Å². The van der Waals surface area contributed by atoms with Gasteiger partial charge in [0.1, 0.15) is 5.82 Å². The standard InChI is InChI=1S/C20H20F3N5O/c21-20(22,23)18-9-16(13-5-2-1-3-6-13)27-19-15(11-26-28(18)19)17(29)8-4-7-14-10-24-12-25-14/h1-3,5-6,10-12,16,18,27H,4,7-9H2,(H,24,25). The van der Waals surface area contributed by atoms with Crippen LogP contribution < -0.4 is 5.32 Å². The van der Waals surface area contributed by atoms with E-state index in [1.165, 1.54) is 6.20 Å². The molecule has 2 atom stereocenters. The van der Waals surface area contributed by atoms with Crippen molar-refractivity contribution in [1.29, 1.82) is 0 Å². The molecule has 0 bridgehead atoms. The monoisotopic (exact) mass is 403 g/mol. The summed E-state index contributed by atoms with van der Waals surface area (Å²) in [6.07, 6.45) is 1.27. The van der Waals surface area contributed by atoms with Crippen LogP contribution in [0.15, 0.2) is 49.1 Å². The molecule has 0 radical (unpaired) electrons. The number of benzene rings is 1. The first-order chi connectivity index (χ1) is 13.9. The van der Waals surface area contributed by atoms with Crippen LogP contribution in [0.2, 0.25) is 0 Å². The number of carbonyl (C=O) groups is 1. The number of imidazole rings is 1. The molecular weight excluding hydrogens is 383 g/mol. The zero-order valence-corrected chi connectivity index (χ0v) is 15.5. The molecule has 4 rings (SSSR count). The fraction of sp³-hybridized carbons (Fsp3) is 0.350. The summed E-state index contributed by atoms with van der Waals surface area (Å²) < 4.78 is 42.0. The van der Waals surface area contributed by atoms with Crippen molar-refractivity contribution < 1.29 is 18.0 Å². The smallest absolute Gasteiger partial charge is 0.363 e. The second-order valence-corrected chi connectivity index (χ2v) is 7.11. The molecule has 0 spiro atoms. The fourth-order valence-corrected chi connectivity index (χ4v) is 3.67. The number of fused-ring (bicyclic) bond motifs is 1. The topological polar surface area (TPSA) is 75.6 Å². The molecule has 152 valence electrons. The SMILES string of the molecule is O=C(CCCc1cnc[nH]1)c1cnn2c1NC(c1ccccc1)CC2C(F)(F)F. The first-order valence-corrected chi connectivity index (χ1v) is 9.39. The third-order valence-electron chi connectivity index (χ3n) is 5.15. The molecule has 2 unspecified atom stereocenters. The Hall–Kier alpha value is -3.10. The van der Waals surface area contributed by atoms with E-state index in [0.29, 0.717) is 12.8 Å². The number of anilines is 1. The minimum Gasteiger partial charge on any atom is -0.363 e. The van der Waals surface area contributed by atoms with E-state index in [4.69, 9.17) is 0 Å². The minimum atomic E-state index is -4.46. The number of H-pyrrole nitrogens is 1. The van der Waals surface area contributed by atoms with E-state index in [0.717, 1.165) is 15.9 Å². The first kappa shape index (κ1) is 19.2. The predicted molar refractivity (Wildman–Crippen MR) is 101 cm³/mol. The second-order valence-electron chi connectivity index (χ2n) is 7.11. The molecule has 9 heteroatoms. The van der Waals surface area contributed by atoms with Gasteiger partial charge >= 0.3 is 6.18 Å². The summed E-state index contributed by atoms with van der Waals surface area (Å²) in [4.78, 5) is 19.6. The molecule has 2 aromatic heterocycles. The third-order valence-corrected chi connectivity index (χ3v) is 5.15. The number of carbonyl (C=O) groups excluding carboxylic acids is 1. The van der Waals surface area contributed by atoms with Crippen molar-refractivity contribution >= 4 is 11.6 Å². The van der Waals surface area contributed by atoms with Crippen LogP contribution in [0.1, 0.15) is 53.0 Å². The summed E-state index contributed by atoms with van der Waals surface area (Å²) in [7, 11) is 0. The number of halogens is 3. The largest absolute Gasteiger partial charge is 0.410 e. The third kappa shape index (κ3) is 4.03. The number of aromatic nitrogens is 4. The predicted octanol–water partition coefficient (Wildman–Crippen LogP) is 4.47. The molecule has 1 aliphatic heterocycles. The van der Waals surface area contributed by atoms with Crippen molar-refractivity contribution in [3.05, 3.63) is 65.9 Å². The average Bonchev–Trinajstić information content (AvgIpc) is 3.36.